The van der Waals surface area contributed by atoms with Gasteiger partial charge >= 0.3 is 0 Å². The maximum absolute atomic E-state index is 5.40. The topological polar surface area (TPSA) is 25.4 Å². The first-order valence-corrected chi connectivity index (χ1v) is 5.95. The molecule has 3 heteroatoms. The van der Waals surface area contributed by atoms with E-state index in [-0.39, 0.29) is 0 Å². The van der Waals surface area contributed by atoms with Gasteiger partial charge in [-0.3, -0.25) is 4.98 Å². The summed E-state index contributed by atoms with van der Waals surface area (Å²) in [5.41, 5.74) is 2.33. The first kappa shape index (κ1) is 11.4. The highest BCUT2D eigenvalue weighted by Gasteiger charge is 2.20. The summed E-state index contributed by atoms with van der Waals surface area (Å²) in [4.78, 5) is 6.76. The summed E-state index contributed by atoms with van der Waals surface area (Å²) in [5, 5.41) is 0. The fourth-order valence-electron chi connectivity index (χ4n) is 1.99. The van der Waals surface area contributed by atoms with E-state index in [9.17, 15) is 0 Å². The predicted octanol–water partition coefficient (Wildman–Crippen LogP) is 2.43. The average molecular weight is 220 g/mol. The molecule has 0 spiro atoms. The van der Waals surface area contributed by atoms with Gasteiger partial charge in [-0.25, -0.2) is 0 Å². The number of hydrogen-bond donors (Lipinski definition) is 0. The Bertz CT molecular complexity index is 328. The van der Waals surface area contributed by atoms with Gasteiger partial charge in [0.2, 0.25) is 0 Å². The second-order valence-electron chi connectivity index (χ2n) is 4.72. The van der Waals surface area contributed by atoms with E-state index in [1.807, 2.05) is 6.20 Å². The highest BCUT2D eigenvalue weighted by atomic mass is 16.5. The lowest BCUT2D eigenvalue weighted by molar-refractivity contribution is 0.193. The van der Waals surface area contributed by atoms with Crippen LogP contribution in [0.3, 0.4) is 0 Å². The molecular weight excluding hydrogens is 200 g/mol. The number of anilines is 1. The average Bonchev–Trinajstić information content (AvgIpc) is 2.81. The van der Waals surface area contributed by atoms with Crippen molar-refractivity contribution in [3.63, 3.8) is 0 Å². The zero-order chi connectivity index (χ0) is 11.5. The van der Waals surface area contributed by atoms with Crippen LogP contribution in [0.2, 0.25) is 0 Å². The van der Waals surface area contributed by atoms with E-state index in [1.54, 1.807) is 0 Å². The lowest BCUT2D eigenvalue weighted by atomic mass is 10.1. The summed E-state index contributed by atoms with van der Waals surface area (Å²) in [6.07, 6.45) is 3.08. The molecule has 1 unspecified atom stereocenters. The monoisotopic (exact) mass is 220 g/mol. The van der Waals surface area contributed by atoms with E-state index in [0.717, 1.165) is 25.3 Å². The van der Waals surface area contributed by atoms with Gasteiger partial charge in [0, 0.05) is 19.3 Å². The highest BCUT2D eigenvalue weighted by Crippen LogP contribution is 2.21. The summed E-state index contributed by atoms with van der Waals surface area (Å²) in [6.45, 7) is 6.04. The number of hydrogen-bond acceptors (Lipinski definition) is 3. The number of aromatic nitrogens is 1. The minimum absolute atomic E-state index is 0.495. The number of ether oxygens (including phenoxy) is 1. The molecule has 0 aliphatic carbocycles. The van der Waals surface area contributed by atoms with Gasteiger partial charge in [0.05, 0.1) is 24.5 Å². The minimum Gasteiger partial charge on any atom is -0.379 e. The van der Waals surface area contributed by atoms with Crippen LogP contribution in [-0.2, 0) is 4.74 Å². The maximum atomic E-state index is 5.40. The molecule has 0 amide bonds. The van der Waals surface area contributed by atoms with E-state index in [1.165, 1.54) is 5.69 Å². The normalized spacial score (nSPS) is 20.4. The molecule has 1 aromatic rings. The van der Waals surface area contributed by atoms with E-state index in [4.69, 9.17) is 4.74 Å². The van der Waals surface area contributed by atoms with Crippen molar-refractivity contribution in [1.29, 1.82) is 0 Å². The van der Waals surface area contributed by atoms with Crippen LogP contribution < -0.4 is 4.90 Å². The number of pyridine rings is 1. The third kappa shape index (κ3) is 2.35. The highest BCUT2D eigenvalue weighted by molar-refractivity contribution is 5.45. The number of rotatable bonds is 3. The molecule has 2 heterocycles. The Morgan fingerprint density at radius 3 is 2.75 bits per heavy atom. The van der Waals surface area contributed by atoms with Crippen LogP contribution in [0.5, 0.6) is 0 Å². The van der Waals surface area contributed by atoms with Crippen LogP contribution in [0.4, 0.5) is 5.69 Å². The van der Waals surface area contributed by atoms with Crippen molar-refractivity contribution in [1.82, 2.24) is 4.98 Å². The van der Waals surface area contributed by atoms with Crippen LogP contribution >= 0.6 is 0 Å². The summed E-state index contributed by atoms with van der Waals surface area (Å²) >= 11 is 0. The zero-order valence-electron chi connectivity index (χ0n) is 10.3. The summed E-state index contributed by atoms with van der Waals surface area (Å²) < 4.78 is 5.40. The van der Waals surface area contributed by atoms with E-state index in [2.05, 4.69) is 42.9 Å². The standard InChI is InChI=1S/C13H20N2O/c1-10(2)13-5-4-11(8-14-13)15(3)12-6-7-16-9-12/h4-5,8,10,12H,6-7,9H2,1-3H3. The molecule has 3 nitrogen and oxygen atoms in total. The molecule has 88 valence electrons. The molecule has 1 aliphatic heterocycles. The Kier molecular flexibility index (Phi) is 3.44. The van der Waals surface area contributed by atoms with Crippen LogP contribution in [0.1, 0.15) is 31.9 Å². The molecule has 1 atom stereocenters. The van der Waals surface area contributed by atoms with Crippen molar-refractivity contribution in [2.75, 3.05) is 25.2 Å². The van der Waals surface area contributed by atoms with E-state index < -0.39 is 0 Å². The molecule has 0 aromatic carbocycles. The SMILES string of the molecule is CC(C)c1ccc(N(C)C2CCOC2)cn1. The van der Waals surface area contributed by atoms with Crippen molar-refractivity contribution in [3.8, 4) is 0 Å². The van der Waals surface area contributed by atoms with Gasteiger partial charge in [0.25, 0.3) is 0 Å². The molecule has 0 N–H and O–H groups in total. The van der Waals surface area contributed by atoms with Crippen LogP contribution in [0.15, 0.2) is 18.3 Å². The Morgan fingerprint density at radius 2 is 2.25 bits per heavy atom. The molecule has 16 heavy (non-hydrogen) atoms. The largest absolute Gasteiger partial charge is 0.379 e. The van der Waals surface area contributed by atoms with Crippen molar-refractivity contribution in [3.05, 3.63) is 24.0 Å². The molecule has 0 saturated carbocycles. The van der Waals surface area contributed by atoms with E-state index >= 15 is 0 Å². The Balaban J connectivity index is 2.08. The van der Waals surface area contributed by atoms with Crippen LogP contribution in [0, 0.1) is 0 Å². The second-order valence-corrected chi connectivity index (χ2v) is 4.72. The second kappa shape index (κ2) is 4.83. The molecule has 0 bridgehead atoms. The number of likely N-dealkylation sites (N-methyl/N-ethyl adjacent to an activating group) is 1. The Hall–Kier alpha value is -1.09. The zero-order valence-corrected chi connectivity index (χ0v) is 10.3. The molecule has 1 aliphatic rings. The smallest absolute Gasteiger partial charge is 0.0670 e. The maximum Gasteiger partial charge on any atom is 0.0670 e. The lowest BCUT2D eigenvalue weighted by Gasteiger charge is -2.25. The van der Waals surface area contributed by atoms with Gasteiger partial charge in [-0.05, 0) is 24.5 Å². The van der Waals surface area contributed by atoms with Gasteiger partial charge in [0.1, 0.15) is 0 Å². The first-order chi connectivity index (χ1) is 7.68. The molecule has 1 fully saturated rings. The van der Waals surface area contributed by atoms with Crippen molar-refractivity contribution in [2.24, 2.45) is 0 Å². The van der Waals surface area contributed by atoms with E-state index in [0.29, 0.717) is 12.0 Å². The number of nitrogens with zero attached hydrogens (tertiary/aromatic N) is 2. The van der Waals surface area contributed by atoms with Gasteiger partial charge in [-0.15, -0.1) is 0 Å². The fraction of sp³-hybridized carbons (Fsp3) is 0.615. The van der Waals surface area contributed by atoms with Crippen LogP contribution in [-0.4, -0.2) is 31.3 Å². The lowest BCUT2D eigenvalue weighted by Crippen LogP contribution is -2.31. The molecule has 2 rings (SSSR count). The van der Waals surface area contributed by atoms with Crippen LogP contribution in [0.25, 0.3) is 0 Å². The summed E-state index contributed by atoms with van der Waals surface area (Å²) in [6, 6.07) is 4.78. The molecule has 1 aromatic heterocycles. The van der Waals surface area contributed by atoms with Gasteiger partial charge in [-0.1, -0.05) is 13.8 Å². The molecule has 1 saturated heterocycles. The van der Waals surface area contributed by atoms with Gasteiger partial charge in [-0.2, -0.15) is 0 Å². The Labute approximate surface area is 97.4 Å². The third-order valence-electron chi connectivity index (χ3n) is 3.22. The van der Waals surface area contributed by atoms with Crippen molar-refractivity contribution < 1.29 is 4.74 Å². The molecular formula is C13H20N2O. The third-order valence-corrected chi connectivity index (χ3v) is 3.22. The summed E-state index contributed by atoms with van der Waals surface area (Å²) in [5.74, 6) is 0.495. The molecule has 0 radical (unpaired) electrons. The summed E-state index contributed by atoms with van der Waals surface area (Å²) in [7, 11) is 2.12. The minimum atomic E-state index is 0.495. The van der Waals surface area contributed by atoms with Gasteiger partial charge < -0.3 is 9.64 Å². The first-order valence-electron chi connectivity index (χ1n) is 5.95. The van der Waals surface area contributed by atoms with Crippen molar-refractivity contribution in [2.45, 2.75) is 32.2 Å². The fourth-order valence-corrected chi connectivity index (χ4v) is 1.99. The van der Waals surface area contributed by atoms with Crippen molar-refractivity contribution >= 4 is 5.69 Å². The predicted molar refractivity (Wildman–Crippen MR) is 66.0 cm³/mol. The Morgan fingerprint density at radius 1 is 1.44 bits per heavy atom. The quantitative estimate of drug-likeness (QED) is 0.782. The van der Waals surface area contributed by atoms with Gasteiger partial charge in [0.15, 0.2) is 0 Å².